The van der Waals surface area contributed by atoms with Gasteiger partial charge in [0.25, 0.3) is 5.91 Å². The van der Waals surface area contributed by atoms with Crippen LogP contribution in [0.1, 0.15) is 41.2 Å². The third kappa shape index (κ3) is 4.67. The minimum atomic E-state index is -0.275. The molecule has 0 saturated heterocycles. The van der Waals surface area contributed by atoms with Crippen LogP contribution in [0.2, 0.25) is 0 Å². The molecule has 1 aromatic carbocycles. The highest BCUT2D eigenvalue weighted by Gasteiger charge is 2.10. The van der Waals surface area contributed by atoms with Crippen molar-refractivity contribution in [2.45, 2.75) is 33.2 Å². The summed E-state index contributed by atoms with van der Waals surface area (Å²) in [5.41, 5.74) is 4.60. The molecule has 3 rings (SSSR count). The number of anilines is 2. The highest BCUT2D eigenvalue weighted by atomic mass is 16.1. The second-order valence-corrected chi connectivity index (χ2v) is 6.09. The molecular weight excluding hydrogens is 338 g/mol. The Morgan fingerprint density at radius 2 is 1.70 bits per heavy atom. The Balaban J connectivity index is 1.68. The summed E-state index contributed by atoms with van der Waals surface area (Å²) < 4.78 is 0. The largest absolute Gasteiger partial charge is 0.345 e. The summed E-state index contributed by atoms with van der Waals surface area (Å²) >= 11 is 0. The molecule has 6 heteroatoms. The molecule has 0 radical (unpaired) electrons. The molecule has 0 aliphatic rings. The van der Waals surface area contributed by atoms with Crippen LogP contribution in [0.4, 0.5) is 11.5 Å². The number of hydrogen-bond acceptors (Lipinski definition) is 5. The third-order valence-corrected chi connectivity index (χ3v) is 4.31. The fraction of sp³-hybridized carbons (Fsp3) is 0.238. The zero-order valence-corrected chi connectivity index (χ0v) is 15.6. The molecule has 0 spiro atoms. The number of para-hydroxylation sites is 1. The van der Waals surface area contributed by atoms with Crippen LogP contribution >= 0.6 is 0 Å². The van der Waals surface area contributed by atoms with Crippen LogP contribution in [0.3, 0.4) is 0 Å². The summed E-state index contributed by atoms with van der Waals surface area (Å²) in [7, 11) is 0. The van der Waals surface area contributed by atoms with E-state index in [0.717, 1.165) is 24.2 Å². The summed E-state index contributed by atoms with van der Waals surface area (Å²) in [6.45, 7) is 4.60. The Labute approximate surface area is 159 Å². The van der Waals surface area contributed by atoms with Crippen molar-refractivity contribution in [2.24, 2.45) is 0 Å². The van der Waals surface area contributed by atoms with Crippen LogP contribution in [0.15, 0.2) is 54.7 Å². The molecule has 138 valence electrons. The Morgan fingerprint density at radius 1 is 0.926 bits per heavy atom. The Hall–Kier alpha value is -3.28. The number of amides is 1. The van der Waals surface area contributed by atoms with Crippen LogP contribution in [0.25, 0.3) is 0 Å². The highest BCUT2D eigenvalue weighted by Crippen LogP contribution is 2.25. The number of aryl methyl sites for hydroxylation is 2. The number of rotatable bonds is 7. The Kier molecular flexibility index (Phi) is 6.10. The van der Waals surface area contributed by atoms with Gasteiger partial charge in [0.05, 0.1) is 12.2 Å². The molecule has 1 amide bonds. The molecule has 0 aliphatic heterocycles. The number of carbonyl (C=O) groups is 1. The van der Waals surface area contributed by atoms with Gasteiger partial charge >= 0.3 is 0 Å². The van der Waals surface area contributed by atoms with Crippen molar-refractivity contribution in [3.63, 3.8) is 0 Å². The molecule has 0 saturated carbocycles. The lowest BCUT2D eigenvalue weighted by molar-refractivity contribution is 0.0944. The van der Waals surface area contributed by atoms with Gasteiger partial charge in [0.1, 0.15) is 0 Å². The van der Waals surface area contributed by atoms with Crippen molar-refractivity contribution in [3.8, 4) is 0 Å². The van der Waals surface area contributed by atoms with Gasteiger partial charge in [0.15, 0.2) is 11.5 Å². The van der Waals surface area contributed by atoms with Gasteiger partial charge in [0.2, 0.25) is 0 Å². The second kappa shape index (κ2) is 8.89. The number of benzene rings is 1. The topological polar surface area (TPSA) is 79.8 Å². The van der Waals surface area contributed by atoms with Crippen LogP contribution in [0.5, 0.6) is 0 Å². The van der Waals surface area contributed by atoms with Crippen molar-refractivity contribution in [2.75, 3.05) is 5.32 Å². The first-order valence-electron chi connectivity index (χ1n) is 9.10. The first-order valence-corrected chi connectivity index (χ1v) is 9.10. The minimum Gasteiger partial charge on any atom is -0.345 e. The maximum atomic E-state index is 12.2. The summed E-state index contributed by atoms with van der Waals surface area (Å²) in [5.74, 6) is 0.342. The van der Waals surface area contributed by atoms with Gasteiger partial charge in [-0.05, 0) is 48.2 Å². The van der Waals surface area contributed by atoms with Crippen molar-refractivity contribution in [1.82, 2.24) is 20.5 Å². The molecule has 2 N–H and O–H groups in total. The van der Waals surface area contributed by atoms with Crippen LogP contribution in [-0.4, -0.2) is 21.1 Å². The number of carbonyl (C=O) groups excluding carboxylic acids is 1. The van der Waals surface area contributed by atoms with Crippen molar-refractivity contribution in [1.29, 1.82) is 0 Å². The Bertz CT molecular complexity index is 872. The minimum absolute atomic E-state index is 0.274. The lowest BCUT2D eigenvalue weighted by Crippen LogP contribution is -2.24. The van der Waals surface area contributed by atoms with E-state index in [1.54, 1.807) is 18.3 Å². The smallest absolute Gasteiger partial charge is 0.272 e. The third-order valence-electron chi connectivity index (χ3n) is 4.31. The summed E-state index contributed by atoms with van der Waals surface area (Å²) in [4.78, 5) is 16.4. The van der Waals surface area contributed by atoms with Crippen LogP contribution in [-0.2, 0) is 19.4 Å². The van der Waals surface area contributed by atoms with Crippen LogP contribution < -0.4 is 10.6 Å². The fourth-order valence-electron chi connectivity index (χ4n) is 2.82. The SMILES string of the molecule is CCc1cccc(CC)c1Nc1ccc(C(=O)NCc2ccccn2)nn1. The van der Waals surface area contributed by atoms with Crippen molar-refractivity contribution < 1.29 is 4.79 Å². The Morgan fingerprint density at radius 3 is 2.30 bits per heavy atom. The van der Waals surface area contributed by atoms with Gasteiger partial charge in [-0.25, -0.2) is 0 Å². The molecule has 2 aromatic heterocycles. The molecule has 0 unspecified atom stereocenters. The number of hydrogen-bond donors (Lipinski definition) is 2. The maximum absolute atomic E-state index is 12.2. The van der Waals surface area contributed by atoms with E-state index in [0.29, 0.717) is 12.4 Å². The second-order valence-electron chi connectivity index (χ2n) is 6.09. The molecule has 0 bridgehead atoms. The molecule has 0 atom stereocenters. The van der Waals surface area contributed by atoms with Crippen molar-refractivity contribution in [3.05, 3.63) is 77.2 Å². The lowest BCUT2D eigenvalue weighted by atomic mass is 10.0. The predicted molar refractivity (Wildman–Crippen MR) is 106 cm³/mol. The van der Waals surface area contributed by atoms with Crippen LogP contribution in [0, 0.1) is 0 Å². The monoisotopic (exact) mass is 361 g/mol. The average Bonchev–Trinajstić information content (AvgIpc) is 2.73. The molecule has 0 aliphatic carbocycles. The molecule has 6 nitrogen and oxygen atoms in total. The summed E-state index contributed by atoms with van der Waals surface area (Å²) in [6.07, 6.45) is 3.55. The summed E-state index contributed by atoms with van der Waals surface area (Å²) in [5, 5.41) is 14.4. The number of nitrogens with zero attached hydrogens (tertiary/aromatic N) is 3. The molecule has 0 fully saturated rings. The van der Waals surface area contributed by atoms with Gasteiger partial charge < -0.3 is 10.6 Å². The van der Waals surface area contributed by atoms with Gasteiger partial charge in [0, 0.05) is 11.9 Å². The zero-order chi connectivity index (χ0) is 19.1. The van der Waals surface area contributed by atoms with Crippen molar-refractivity contribution >= 4 is 17.4 Å². The van der Waals surface area contributed by atoms with E-state index < -0.39 is 0 Å². The number of nitrogens with one attached hydrogen (secondary N) is 2. The molecule has 27 heavy (non-hydrogen) atoms. The summed E-state index contributed by atoms with van der Waals surface area (Å²) in [6, 6.07) is 15.3. The molecule has 2 heterocycles. The first-order chi connectivity index (χ1) is 13.2. The van der Waals surface area contributed by atoms with E-state index in [4.69, 9.17) is 0 Å². The standard InChI is InChI=1S/C21H23N5O/c1-3-15-8-7-9-16(4-2)20(15)24-19-12-11-18(25-26-19)21(27)23-14-17-10-5-6-13-22-17/h5-13H,3-4,14H2,1-2H3,(H,23,27)(H,24,26). The van der Waals surface area contributed by atoms with E-state index >= 15 is 0 Å². The average molecular weight is 361 g/mol. The first kappa shape index (κ1) is 18.5. The number of pyridine rings is 1. The highest BCUT2D eigenvalue weighted by molar-refractivity contribution is 5.92. The zero-order valence-electron chi connectivity index (χ0n) is 15.6. The van der Waals surface area contributed by atoms with E-state index in [1.165, 1.54) is 11.1 Å². The fourth-order valence-corrected chi connectivity index (χ4v) is 2.82. The normalized spacial score (nSPS) is 10.4. The van der Waals surface area contributed by atoms with Gasteiger partial charge in [-0.15, -0.1) is 10.2 Å². The number of aromatic nitrogens is 3. The molecular formula is C21H23N5O. The van der Waals surface area contributed by atoms with E-state index in [9.17, 15) is 4.79 Å². The van der Waals surface area contributed by atoms with E-state index in [1.807, 2.05) is 18.2 Å². The maximum Gasteiger partial charge on any atom is 0.272 e. The van der Waals surface area contributed by atoms with E-state index in [2.05, 4.69) is 57.9 Å². The lowest BCUT2D eigenvalue weighted by Gasteiger charge is -2.14. The predicted octanol–water partition coefficient (Wildman–Crippen LogP) is 3.67. The quantitative estimate of drug-likeness (QED) is 0.671. The molecule has 3 aromatic rings. The van der Waals surface area contributed by atoms with Gasteiger partial charge in [-0.2, -0.15) is 0 Å². The van der Waals surface area contributed by atoms with Gasteiger partial charge in [-0.3, -0.25) is 9.78 Å². The van der Waals surface area contributed by atoms with E-state index in [-0.39, 0.29) is 11.6 Å². The van der Waals surface area contributed by atoms with Gasteiger partial charge in [-0.1, -0.05) is 38.1 Å².